The van der Waals surface area contributed by atoms with E-state index in [1.165, 1.54) is 6.26 Å². The zero-order valence-corrected chi connectivity index (χ0v) is 23.5. The zero-order chi connectivity index (χ0) is 27.5. The van der Waals surface area contributed by atoms with Crippen LogP contribution in [0.3, 0.4) is 0 Å². The number of hydrogen-bond acceptors (Lipinski definition) is 8. The molecule has 0 amide bonds. The van der Waals surface area contributed by atoms with E-state index in [0.717, 1.165) is 56.0 Å². The van der Waals surface area contributed by atoms with Gasteiger partial charge in [0.1, 0.15) is 9.84 Å². The molecular formula is C29H31N7O2S. The molecule has 1 saturated heterocycles. The lowest BCUT2D eigenvalue weighted by Gasteiger charge is -2.48. The molecule has 200 valence electrons. The Morgan fingerprint density at radius 3 is 2.67 bits per heavy atom. The van der Waals surface area contributed by atoms with Gasteiger partial charge in [-0.3, -0.25) is 15.0 Å². The normalized spacial score (nSPS) is 17.7. The highest BCUT2D eigenvalue weighted by atomic mass is 32.2. The van der Waals surface area contributed by atoms with Crippen LogP contribution in [0, 0.1) is 12.8 Å². The van der Waals surface area contributed by atoms with E-state index >= 15 is 0 Å². The highest BCUT2D eigenvalue weighted by Crippen LogP contribution is 2.35. The minimum absolute atomic E-state index is 0.115. The van der Waals surface area contributed by atoms with E-state index < -0.39 is 9.84 Å². The van der Waals surface area contributed by atoms with Gasteiger partial charge < -0.3 is 4.90 Å². The number of sulfone groups is 1. The summed E-state index contributed by atoms with van der Waals surface area (Å²) < 4.78 is 25.6. The highest BCUT2D eigenvalue weighted by molar-refractivity contribution is 7.90. The van der Waals surface area contributed by atoms with Crippen LogP contribution in [0.15, 0.2) is 55.1 Å². The molecule has 6 heterocycles. The van der Waals surface area contributed by atoms with Crippen LogP contribution < -0.4 is 4.90 Å². The van der Waals surface area contributed by atoms with Crippen LogP contribution in [0.4, 0.5) is 5.69 Å². The van der Waals surface area contributed by atoms with E-state index in [1.54, 1.807) is 12.4 Å². The summed E-state index contributed by atoms with van der Waals surface area (Å²) in [5.41, 5.74) is 6.23. The Bertz CT molecular complexity index is 1830. The Morgan fingerprint density at radius 1 is 1.10 bits per heavy atom. The van der Waals surface area contributed by atoms with E-state index in [1.807, 2.05) is 48.3 Å². The van der Waals surface area contributed by atoms with Gasteiger partial charge in [-0.05, 0) is 44.0 Å². The minimum atomic E-state index is -3.03. The third-order valence-electron chi connectivity index (χ3n) is 7.62. The van der Waals surface area contributed by atoms with Crippen LogP contribution in [0.1, 0.15) is 38.1 Å². The molecule has 1 aliphatic heterocycles. The molecule has 0 spiro atoms. The maximum absolute atomic E-state index is 11.9. The first-order chi connectivity index (χ1) is 18.6. The summed E-state index contributed by atoms with van der Waals surface area (Å²) in [5, 5.41) is 6.64. The maximum atomic E-state index is 11.9. The largest absolute Gasteiger partial charge is 0.368 e. The Morgan fingerprint density at radius 2 is 1.92 bits per heavy atom. The van der Waals surface area contributed by atoms with Gasteiger partial charge in [-0.25, -0.2) is 18.1 Å². The van der Waals surface area contributed by atoms with E-state index in [0.29, 0.717) is 6.54 Å². The Balaban J connectivity index is 1.45. The van der Waals surface area contributed by atoms with E-state index in [9.17, 15) is 8.42 Å². The molecule has 9 nitrogen and oxygen atoms in total. The summed E-state index contributed by atoms with van der Waals surface area (Å²) in [6.07, 6.45) is 8.53. The van der Waals surface area contributed by atoms with Crippen LogP contribution in [0.2, 0.25) is 0 Å². The molecule has 0 bridgehead atoms. The molecule has 1 fully saturated rings. The Hall–Kier alpha value is -3.92. The zero-order valence-electron chi connectivity index (χ0n) is 22.7. The van der Waals surface area contributed by atoms with Gasteiger partial charge in [-0.1, -0.05) is 13.8 Å². The van der Waals surface area contributed by atoms with Crippen molar-refractivity contribution in [1.82, 2.24) is 29.7 Å². The molecule has 0 N–H and O–H groups in total. The molecular weight excluding hydrogens is 510 g/mol. The van der Waals surface area contributed by atoms with E-state index in [-0.39, 0.29) is 23.6 Å². The van der Waals surface area contributed by atoms with Crippen molar-refractivity contribution in [2.45, 2.75) is 39.7 Å². The topological polar surface area (TPSA) is 107 Å². The first kappa shape index (κ1) is 25.4. The van der Waals surface area contributed by atoms with Gasteiger partial charge in [0.25, 0.3) is 0 Å². The van der Waals surface area contributed by atoms with Crippen molar-refractivity contribution in [3.8, 4) is 17.1 Å². The van der Waals surface area contributed by atoms with Crippen molar-refractivity contribution >= 4 is 37.3 Å². The third-order valence-corrected chi connectivity index (χ3v) is 8.66. The molecule has 2 atom stereocenters. The number of rotatable bonds is 6. The first-order valence-corrected chi connectivity index (χ1v) is 15.2. The predicted molar refractivity (Wildman–Crippen MR) is 154 cm³/mol. The second kappa shape index (κ2) is 9.37. The number of pyridine rings is 4. The van der Waals surface area contributed by atoms with Crippen molar-refractivity contribution in [1.29, 1.82) is 0 Å². The van der Waals surface area contributed by atoms with Crippen molar-refractivity contribution in [2.24, 2.45) is 5.92 Å². The van der Waals surface area contributed by atoms with Crippen LogP contribution in [-0.4, -0.2) is 62.7 Å². The quantitative estimate of drug-likeness (QED) is 0.304. The van der Waals surface area contributed by atoms with Gasteiger partial charge in [0.2, 0.25) is 0 Å². The molecule has 5 aromatic rings. The van der Waals surface area contributed by atoms with E-state index in [4.69, 9.17) is 15.1 Å². The fourth-order valence-corrected chi connectivity index (χ4v) is 6.55. The van der Waals surface area contributed by atoms with Crippen molar-refractivity contribution in [3.05, 3.63) is 66.5 Å². The SMILES string of the molecule is Cc1nc(-c2cncc3cccnc23)cc2c1cnn2-c1cc(N2C[C@H](CS(C)(=O)=O)[C@H]2C)cc(C(C)C)n1. The maximum Gasteiger partial charge on any atom is 0.156 e. The predicted octanol–water partition coefficient (Wildman–Crippen LogP) is 4.73. The Labute approximate surface area is 227 Å². The van der Waals surface area contributed by atoms with Gasteiger partial charge in [-0.15, -0.1) is 0 Å². The van der Waals surface area contributed by atoms with Crippen LogP contribution >= 0.6 is 0 Å². The molecule has 10 heteroatoms. The number of fused-ring (bicyclic) bond motifs is 2. The summed E-state index contributed by atoms with van der Waals surface area (Å²) in [5.74, 6) is 1.25. The summed E-state index contributed by atoms with van der Waals surface area (Å²) in [4.78, 5) is 21.1. The van der Waals surface area contributed by atoms with Crippen LogP contribution in [0.25, 0.3) is 38.9 Å². The standard InChI is InChI=1S/C29H31N7O2S/c1-17(2)25-9-22(35-15-21(19(35)4)16-39(5,37)38)10-28(34-25)36-27-11-26(33-18(3)23(27)14-32-36)24-13-30-12-20-7-6-8-31-29(20)24/h6-14,17,19,21H,15-16H2,1-5H3/t19-,21-/m1/s1. The molecule has 1 aliphatic rings. The van der Waals surface area contributed by atoms with Gasteiger partial charge in [0, 0.05) is 82.8 Å². The van der Waals surface area contributed by atoms with E-state index in [2.05, 4.69) is 41.7 Å². The van der Waals surface area contributed by atoms with Crippen molar-refractivity contribution in [3.63, 3.8) is 0 Å². The molecule has 0 radical (unpaired) electrons. The lowest BCUT2D eigenvalue weighted by atomic mass is 9.90. The average molecular weight is 542 g/mol. The molecule has 0 aliphatic carbocycles. The second-order valence-corrected chi connectivity index (χ2v) is 13.0. The number of anilines is 1. The molecule has 6 rings (SSSR count). The molecule has 39 heavy (non-hydrogen) atoms. The minimum Gasteiger partial charge on any atom is -0.368 e. The van der Waals surface area contributed by atoms with Crippen molar-refractivity contribution < 1.29 is 8.42 Å². The number of hydrogen-bond donors (Lipinski definition) is 0. The van der Waals surface area contributed by atoms with Crippen LogP contribution in [-0.2, 0) is 9.84 Å². The van der Waals surface area contributed by atoms with Gasteiger partial charge in [-0.2, -0.15) is 5.10 Å². The summed E-state index contributed by atoms with van der Waals surface area (Å²) >= 11 is 0. The molecule has 5 aromatic heterocycles. The lowest BCUT2D eigenvalue weighted by molar-refractivity contribution is 0.341. The third kappa shape index (κ3) is 4.63. The van der Waals surface area contributed by atoms with Gasteiger partial charge >= 0.3 is 0 Å². The fraction of sp³-hybridized carbons (Fsp3) is 0.345. The second-order valence-electron chi connectivity index (χ2n) is 10.9. The van der Waals surface area contributed by atoms with Crippen LogP contribution in [0.5, 0.6) is 0 Å². The van der Waals surface area contributed by atoms with Crippen molar-refractivity contribution in [2.75, 3.05) is 23.5 Å². The molecule has 0 aromatic carbocycles. The lowest BCUT2D eigenvalue weighted by Crippen LogP contribution is -2.57. The number of nitrogens with zero attached hydrogens (tertiary/aromatic N) is 7. The summed E-state index contributed by atoms with van der Waals surface area (Å²) in [7, 11) is -3.03. The number of aryl methyl sites for hydroxylation is 1. The fourth-order valence-electron chi connectivity index (χ4n) is 5.39. The molecule has 0 saturated carbocycles. The van der Waals surface area contributed by atoms with Gasteiger partial charge in [0.15, 0.2) is 5.82 Å². The Kier molecular flexibility index (Phi) is 6.10. The smallest absolute Gasteiger partial charge is 0.156 e. The average Bonchev–Trinajstić information content (AvgIpc) is 3.34. The highest BCUT2D eigenvalue weighted by Gasteiger charge is 2.38. The molecule has 0 unspecified atom stereocenters. The summed E-state index contributed by atoms with van der Waals surface area (Å²) in [6.45, 7) is 9.01. The summed E-state index contributed by atoms with van der Waals surface area (Å²) in [6, 6.07) is 10.2. The monoisotopic (exact) mass is 541 g/mol. The number of aromatic nitrogens is 6. The first-order valence-electron chi connectivity index (χ1n) is 13.1. The van der Waals surface area contributed by atoms with Gasteiger partial charge in [0.05, 0.1) is 28.7 Å².